The maximum Gasteiger partial charge on any atom is 0.264 e. The lowest BCUT2D eigenvalue weighted by Crippen LogP contribution is -2.61. The summed E-state index contributed by atoms with van der Waals surface area (Å²) in [6.07, 6.45) is -8.19. The van der Waals surface area contributed by atoms with Gasteiger partial charge in [0.1, 0.15) is 42.0 Å². The van der Waals surface area contributed by atoms with E-state index < -0.39 is 54.2 Å². The van der Waals surface area contributed by atoms with Crippen LogP contribution in [0.25, 0.3) is 5.76 Å². The molecule has 0 aromatic heterocycles. The first-order valence-corrected chi connectivity index (χ1v) is 10.4. The van der Waals surface area contributed by atoms with Gasteiger partial charge in [0.25, 0.3) is 5.79 Å². The number of methoxy groups -OCH3 is 2. The van der Waals surface area contributed by atoms with Gasteiger partial charge in [-0.25, -0.2) is 0 Å². The second kappa shape index (κ2) is 8.95. The van der Waals surface area contributed by atoms with E-state index in [4.69, 9.17) is 18.9 Å². The summed E-state index contributed by atoms with van der Waals surface area (Å²) < 4.78 is 21.9. The highest BCUT2D eigenvalue weighted by molar-refractivity contribution is 5.73. The number of hydrogen-bond donors (Lipinski definition) is 7. The van der Waals surface area contributed by atoms with Crippen LogP contribution in [-0.2, 0) is 10.5 Å². The molecule has 11 nitrogen and oxygen atoms in total. The van der Waals surface area contributed by atoms with E-state index >= 15 is 0 Å². The third kappa shape index (κ3) is 3.63. The Kier molecular flexibility index (Phi) is 6.34. The molecule has 7 N–H and O–H groups in total. The van der Waals surface area contributed by atoms with Crippen molar-refractivity contribution >= 4 is 5.76 Å². The molecule has 11 heteroatoms. The van der Waals surface area contributed by atoms with Crippen molar-refractivity contribution in [1.82, 2.24) is 0 Å². The Balaban J connectivity index is 1.96. The van der Waals surface area contributed by atoms with Crippen LogP contribution in [-0.4, -0.2) is 87.1 Å². The van der Waals surface area contributed by atoms with Gasteiger partial charge in [-0.3, -0.25) is 0 Å². The van der Waals surface area contributed by atoms with Gasteiger partial charge >= 0.3 is 0 Å². The van der Waals surface area contributed by atoms with Gasteiger partial charge in [-0.1, -0.05) is 12.1 Å². The zero-order valence-corrected chi connectivity index (χ0v) is 18.3. The summed E-state index contributed by atoms with van der Waals surface area (Å²) in [6, 6.07) is 8.71. The third-order valence-electron chi connectivity index (χ3n) is 6.07. The van der Waals surface area contributed by atoms with Crippen molar-refractivity contribution in [2.24, 2.45) is 0 Å². The van der Waals surface area contributed by atoms with E-state index in [2.05, 4.69) is 0 Å². The Morgan fingerprint density at radius 2 is 1.56 bits per heavy atom. The number of ether oxygens (including phenoxy) is 4. The molecule has 4 rings (SSSR count). The molecule has 0 radical (unpaired) electrons. The number of para-hydroxylation sites is 1. The van der Waals surface area contributed by atoms with Crippen molar-refractivity contribution in [3.8, 4) is 23.0 Å². The molecule has 0 amide bonds. The Bertz CT molecular complexity index is 1070. The quantitative estimate of drug-likeness (QED) is 0.302. The van der Waals surface area contributed by atoms with Crippen molar-refractivity contribution < 1.29 is 54.7 Å². The lowest BCUT2D eigenvalue weighted by molar-refractivity contribution is -0.234. The van der Waals surface area contributed by atoms with Crippen LogP contribution in [0.1, 0.15) is 11.1 Å². The highest BCUT2D eigenvalue weighted by Gasteiger charge is 2.54. The van der Waals surface area contributed by atoms with Gasteiger partial charge in [0.2, 0.25) is 5.75 Å². The Morgan fingerprint density at radius 1 is 0.941 bits per heavy atom. The molecule has 0 aliphatic carbocycles. The highest BCUT2D eigenvalue weighted by Crippen LogP contribution is 2.50. The van der Waals surface area contributed by atoms with Gasteiger partial charge in [0, 0.05) is 5.56 Å². The van der Waals surface area contributed by atoms with E-state index in [9.17, 15) is 35.7 Å². The van der Waals surface area contributed by atoms with Crippen LogP contribution < -0.4 is 14.2 Å². The zero-order chi connectivity index (χ0) is 24.8. The summed E-state index contributed by atoms with van der Waals surface area (Å²) in [5.74, 6) is -3.48. The minimum absolute atomic E-state index is 0.0768. The summed E-state index contributed by atoms with van der Waals surface area (Å²) in [4.78, 5) is 0. The predicted octanol–water partition coefficient (Wildman–Crippen LogP) is -0.241. The van der Waals surface area contributed by atoms with Crippen LogP contribution in [0.3, 0.4) is 0 Å². The summed E-state index contributed by atoms with van der Waals surface area (Å²) in [5.41, 5.74) is -0.318. The Morgan fingerprint density at radius 3 is 2.15 bits per heavy atom. The van der Waals surface area contributed by atoms with Crippen molar-refractivity contribution in [3.05, 3.63) is 53.1 Å². The molecule has 0 saturated carbocycles. The van der Waals surface area contributed by atoms with Crippen LogP contribution >= 0.6 is 0 Å². The van der Waals surface area contributed by atoms with E-state index in [-0.39, 0.29) is 34.1 Å². The standard InChI is InChI=1S/C23H26O11/c1-31-13-7-10(8-14(32-2)18(13)26)23(30)16(17(25)11-5-3-4-6-12(11)34-23)22-21(29)20(28)19(27)15(9-24)33-22/h3-8,15,19-22,24-30H,9H2,1-2H3/t15-,19-,20+,21-,22?,23?/m1/s1. The molecule has 1 fully saturated rings. The summed E-state index contributed by atoms with van der Waals surface area (Å²) >= 11 is 0. The molecule has 1 saturated heterocycles. The number of aromatic hydroxyl groups is 1. The van der Waals surface area contributed by atoms with Crippen LogP contribution in [0.2, 0.25) is 0 Å². The molecule has 184 valence electrons. The zero-order valence-electron chi connectivity index (χ0n) is 18.3. The second-order valence-corrected chi connectivity index (χ2v) is 7.98. The molecular weight excluding hydrogens is 452 g/mol. The molecule has 2 unspecified atom stereocenters. The van der Waals surface area contributed by atoms with Gasteiger partial charge in [-0.05, 0) is 24.3 Å². The molecule has 0 bridgehead atoms. The number of benzene rings is 2. The molecular formula is C23H26O11. The number of hydrogen-bond acceptors (Lipinski definition) is 11. The minimum Gasteiger partial charge on any atom is -0.507 e. The number of fused-ring (bicyclic) bond motifs is 1. The maximum atomic E-state index is 11.9. The van der Waals surface area contributed by atoms with E-state index in [1.807, 2.05) is 0 Å². The third-order valence-corrected chi connectivity index (χ3v) is 6.07. The van der Waals surface area contributed by atoms with Crippen molar-refractivity contribution in [2.45, 2.75) is 36.3 Å². The van der Waals surface area contributed by atoms with E-state index in [0.29, 0.717) is 0 Å². The van der Waals surface area contributed by atoms with Crippen LogP contribution in [0.4, 0.5) is 0 Å². The fourth-order valence-electron chi connectivity index (χ4n) is 4.24. The molecule has 2 aliphatic heterocycles. The first-order valence-electron chi connectivity index (χ1n) is 10.4. The number of phenols is 1. The second-order valence-electron chi connectivity index (χ2n) is 7.98. The number of aliphatic hydroxyl groups excluding tert-OH is 5. The molecule has 2 aromatic carbocycles. The topological polar surface area (TPSA) is 179 Å². The number of aliphatic hydroxyl groups is 6. The average Bonchev–Trinajstić information content (AvgIpc) is 2.84. The Hall–Kier alpha value is -3.06. The van der Waals surface area contributed by atoms with Crippen LogP contribution in [0.15, 0.2) is 42.0 Å². The van der Waals surface area contributed by atoms with E-state index in [1.54, 1.807) is 12.1 Å². The number of phenolic OH excluding ortho intramolecular Hbond substituents is 1. The highest BCUT2D eigenvalue weighted by atomic mass is 16.6. The van der Waals surface area contributed by atoms with Crippen molar-refractivity contribution in [3.63, 3.8) is 0 Å². The van der Waals surface area contributed by atoms with E-state index in [1.165, 1.54) is 38.5 Å². The predicted molar refractivity (Wildman–Crippen MR) is 115 cm³/mol. The monoisotopic (exact) mass is 478 g/mol. The van der Waals surface area contributed by atoms with Gasteiger partial charge < -0.3 is 54.7 Å². The molecule has 2 heterocycles. The molecule has 2 aromatic rings. The lowest BCUT2D eigenvalue weighted by atomic mass is 9.82. The average molecular weight is 478 g/mol. The van der Waals surface area contributed by atoms with Crippen LogP contribution in [0, 0.1) is 0 Å². The first-order chi connectivity index (χ1) is 16.2. The fraction of sp³-hybridized carbons (Fsp3) is 0.391. The summed E-state index contributed by atoms with van der Waals surface area (Å²) in [6.45, 7) is -0.716. The molecule has 0 spiro atoms. The largest absolute Gasteiger partial charge is 0.507 e. The lowest BCUT2D eigenvalue weighted by Gasteiger charge is -2.46. The minimum atomic E-state index is -2.53. The summed E-state index contributed by atoms with van der Waals surface area (Å²) in [7, 11) is 2.57. The first kappa shape index (κ1) is 24.1. The van der Waals surface area contributed by atoms with Gasteiger partial charge in [-0.15, -0.1) is 0 Å². The SMILES string of the molecule is COc1cc(C2(O)Oc3ccccc3C(O)=C2C2O[C@H](CO)[C@@H](O)[C@H](O)[C@H]2O)cc(OC)c1O. The smallest absolute Gasteiger partial charge is 0.264 e. The van der Waals surface area contributed by atoms with Crippen LogP contribution in [0.5, 0.6) is 23.0 Å². The van der Waals surface area contributed by atoms with Crippen molar-refractivity contribution in [2.75, 3.05) is 20.8 Å². The normalized spacial score (nSPS) is 31.0. The number of rotatable bonds is 5. The Labute approximate surface area is 194 Å². The fourth-order valence-corrected chi connectivity index (χ4v) is 4.24. The molecule has 2 aliphatic rings. The van der Waals surface area contributed by atoms with E-state index in [0.717, 1.165) is 0 Å². The maximum absolute atomic E-state index is 11.9. The van der Waals surface area contributed by atoms with Gasteiger partial charge in [0.15, 0.2) is 11.5 Å². The van der Waals surface area contributed by atoms with Gasteiger partial charge in [0.05, 0.1) is 32.0 Å². The molecule has 6 atom stereocenters. The molecule has 34 heavy (non-hydrogen) atoms. The summed E-state index contributed by atoms with van der Waals surface area (Å²) in [5, 5.41) is 74.3. The van der Waals surface area contributed by atoms with Crippen molar-refractivity contribution in [1.29, 1.82) is 0 Å². The van der Waals surface area contributed by atoms with Gasteiger partial charge in [-0.2, -0.15) is 0 Å².